The molecule has 5 nitrogen and oxygen atoms in total. The van der Waals surface area contributed by atoms with Gasteiger partial charge in [0.15, 0.2) is 0 Å². The molecule has 0 saturated carbocycles. The quantitative estimate of drug-likeness (QED) is 0.839. The second kappa shape index (κ2) is 5.97. The molecule has 0 aliphatic carbocycles. The van der Waals surface area contributed by atoms with Crippen LogP contribution in [0.3, 0.4) is 0 Å². The van der Waals surface area contributed by atoms with E-state index in [9.17, 15) is 4.79 Å². The summed E-state index contributed by atoms with van der Waals surface area (Å²) in [5.41, 5.74) is 1.55. The molecule has 2 N–H and O–H groups in total. The van der Waals surface area contributed by atoms with E-state index in [1.165, 1.54) is 6.20 Å². The second-order valence-corrected chi connectivity index (χ2v) is 3.83. The highest BCUT2D eigenvalue weighted by molar-refractivity contribution is 5.93. The van der Waals surface area contributed by atoms with Gasteiger partial charge in [-0.05, 0) is 5.56 Å². The third-order valence-electron chi connectivity index (χ3n) is 2.66. The van der Waals surface area contributed by atoms with Crippen molar-refractivity contribution in [3.05, 3.63) is 53.9 Å². The Morgan fingerprint density at radius 1 is 1.44 bits per heavy atom. The highest BCUT2D eigenvalue weighted by atomic mass is 16.5. The molecule has 94 valence electrons. The normalized spacial score (nSPS) is 12.1. The van der Waals surface area contributed by atoms with Gasteiger partial charge in [0.25, 0.3) is 5.91 Å². The third-order valence-corrected chi connectivity index (χ3v) is 2.66. The molecule has 2 aromatic rings. The van der Waals surface area contributed by atoms with Crippen molar-refractivity contribution in [3.63, 3.8) is 0 Å². The van der Waals surface area contributed by atoms with E-state index in [2.05, 4.69) is 15.5 Å². The Kier molecular flexibility index (Phi) is 4.09. The second-order valence-electron chi connectivity index (χ2n) is 3.83. The summed E-state index contributed by atoms with van der Waals surface area (Å²) in [5.74, 6) is -0.165. The Bertz CT molecular complexity index is 482. The van der Waals surface area contributed by atoms with Crippen molar-refractivity contribution in [2.75, 3.05) is 13.7 Å². The van der Waals surface area contributed by atoms with Crippen molar-refractivity contribution in [1.29, 1.82) is 0 Å². The number of carbonyl (C=O) groups is 1. The molecule has 1 aromatic heterocycles. The fourth-order valence-corrected chi connectivity index (χ4v) is 1.67. The summed E-state index contributed by atoms with van der Waals surface area (Å²) in [6, 6.07) is 9.77. The van der Waals surface area contributed by atoms with Gasteiger partial charge in [0.2, 0.25) is 0 Å². The number of nitrogens with one attached hydrogen (secondary N) is 2. The van der Waals surface area contributed by atoms with Gasteiger partial charge in [-0.1, -0.05) is 30.3 Å². The Morgan fingerprint density at radius 3 is 2.83 bits per heavy atom. The number of benzene rings is 1. The van der Waals surface area contributed by atoms with Crippen LogP contribution in [0.5, 0.6) is 0 Å². The van der Waals surface area contributed by atoms with Gasteiger partial charge in [-0.2, -0.15) is 5.10 Å². The van der Waals surface area contributed by atoms with E-state index >= 15 is 0 Å². The maximum Gasteiger partial charge on any atom is 0.254 e. The first-order chi connectivity index (χ1) is 8.81. The average molecular weight is 245 g/mol. The van der Waals surface area contributed by atoms with Crippen LogP contribution in [0.25, 0.3) is 0 Å². The van der Waals surface area contributed by atoms with Gasteiger partial charge >= 0.3 is 0 Å². The molecule has 0 aliphatic rings. The minimum absolute atomic E-state index is 0.151. The largest absolute Gasteiger partial charge is 0.375 e. The van der Waals surface area contributed by atoms with E-state index in [1.807, 2.05) is 30.3 Å². The zero-order valence-corrected chi connectivity index (χ0v) is 10.1. The van der Waals surface area contributed by atoms with Crippen molar-refractivity contribution < 1.29 is 9.53 Å². The molecule has 0 radical (unpaired) electrons. The summed E-state index contributed by atoms with van der Waals surface area (Å²) in [7, 11) is 1.63. The summed E-state index contributed by atoms with van der Waals surface area (Å²) in [4.78, 5) is 11.7. The van der Waals surface area contributed by atoms with Crippen LogP contribution in [0.2, 0.25) is 0 Å². The van der Waals surface area contributed by atoms with Crippen LogP contribution in [0.15, 0.2) is 42.7 Å². The minimum atomic E-state index is -0.165. The number of rotatable bonds is 5. The molecule has 0 spiro atoms. The molecule has 2 rings (SSSR count). The van der Waals surface area contributed by atoms with E-state index in [4.69, 9.17) is 4.74 Å². The zero-order valence-electron chi connectivity index (χ0n) is 10.1. The van der Waals surface area contributed by atoms with Gasteiger partial charge in [0.05, 0.1) is 17.9 Å². The standard InChI is InChI=1S/C13H15N3O2/c1-18-12(10-5-3-2-4-6-10)9-14-13(17)11-7-15-16-8-11/h2-8,12H,9H2,1H3,(H,14,17)(H,15,16). The molecule has 0 fully saturated rings. The van der Waals surface area contributed by atoms with E-state index < -0.39 is 0 Å². The molecule has 1 unspecified atom stereocenters. The fraction of sp³-hybridized carbons (Fsp3) is 0.231. The summed E-state index contributed by atoms with van der Waals surface area (Å²) < 4.78 is 5.37. The van der Waals surface area contributed by atoms with Crippen LogP contribution in [-0.4, -0.2) is 29.8 Å². The van der Waals surface area contributed by atoms with E-state index in [1.54, 1.807) is 13.3 Å². The Balaban J connectivity index is 1.94. The SMILES string of the molecule is COC(CNC(=O)c1cn[nH]c1)c1ccccc1. The monoisotopic (exact) mass is 245 g/mol. The van der Waals surface area contributed by atoms with Gasteiger partial charge in [0, 0.05) is 19.9 Å². The third kappa shape index (κ3) is 2.95. The molecule has 0 bridgehead atoms. The van der Waals surface area contributed by atoms with Crippen LogP contribution >= 0.6 is 0 Å². The molecule has 18 heavy (non-hydrogen) atoms. The van der Waals surface area contributed by atoms with Gasteiger partial charge in [-0.25, -0.2) is 0 Å². The fourth-order valence-electron chi connectivity index (χ4n) is 1.67. The predicted octanol–water partition coefficient (Wildman–Crippen LogP) is 1.53. The van der Waals surface area contributed by atoms with Gasteiger partial charge in [-0.15, -0.1) is 0 Å². The van der Waals surface area contributed by atoms with E-state index in [0.717, 1.165) is 5.56 Å². The lowest BCUT2D eigenvalue weighted by molar-refractivity contribution is 0.0828. The first-order valence-corrected chi connectivity index (χ1v) is 5.66. The number of hydrogen-bond acceptors (Lipinski definition) is 3. The number of carbonyl (C=O) groups excluding carboxylic acids is 1. The molecule has 0 aliphatic heterocycles. The zero-order chi connectivity index (χ0) is 12.8. The number of aromatic amines is 1. The first kappa shape index (κ1) is 12.3. The van der Waals surface area contributed by atoms with E-state index in [0.29, 0.717) is 12.1 Å². The number of hydrogen-bond donors (Lipinski definition) is 2. The number of amides is 1. The van der Waals surface area contributed by atoms with Crippen LogP contribution in [-0.2, 0) is 4.74 Å². The number of nitrogens with zero attached hydrogens (tertiary/aromatic N) is 1. The van der Waals surface area contributed by atoms with Crippen molar-refractivity contribution in [2.45, 2.75) is 6.10 Å². The maximum absolute atomic E-state index is 11.7. The van der Waals surface area contributed by atoms with Gasteiger partial charge in [0.1, 0.15) is 0 Å². The number of methoxy groups -OCH3 is 1. The minimum Gasteiger partial charge on any atom is -0.375 e. The molecule has 5 heteroatoms. The summed E-state index contributed by atoms with van der Waals surface area (Å²) in [6.07, 6.45) is 2.89. The van der Waals surface area contributed by atoms with Gasteiger partial charge in [-0.3, -0.25) is 9.89 Å². The lowest BCUT2D eigenvalue weighted by atomic mass is 10.1. The molecule has 1 heterocycles. The Hall–Kier alpha value is -2.14. The smallest absolute Gasteiger partial charge is 0.254 e. The number of H-pyrrole nitrogens is 1. The molecule has 1 atom stereocenters. The number of aromatic nitrogens is 2. The van der Waals surface area contributed by atoms with Crippen molar-refractivity contribution in [2.24, 2.45) is 0 Å². The molecular weight excluding hydrogens is 230 g/mol. The van der Waals surface area contributed by atoms with Crippen molar-refractivity contribution in [1.82, 2.24) is 15.5 Å². The lowest BCUT2D eigenvalue weighted by Crippen LogP contribution is -2.28. The number of ether oxygens (including phenoxy) is 1. The molecular formula is C13H15N3O2. The predicted molar refractivity (Wildman–Crippen MR) is 67.1 cm³/mol. The lowest BCUT2D eigenvalue weighted by Gasteiger charge is -2.16. The Morgan fingerprint density at radius 2 is 2.22 bits per heavy atom. The molecule has 0 saturated heterocycles. The average Bonchev–Trinajstić information content (AvgIpc) is 2.94. The van der Waals surface area contributed by atoms with Crippen molar-refractivity contribution in [3.8, 4) is 0 Å². The highest BCUT2D eigenvalue weighted by Gasteiger charge is 2.12. The van der Waals surface area contributed by atoms with Crippen LogP contribution in [0.1, 0.15) is 22.0 Å². The summed E-state index contributed by atoms with van der Waals surface area (Å²) in [5, 5.41) is 9.14. The molecule has 1 aromatic carbocycles. The Labute approximate surface area is 105 Å². The van der Waals surface area contributed by atoms with Crippen LogP contribution in [0, 0.1) is 0 Å². The summed E-state index contributed by atoms with van der Waals surface area (Å²) in [6.45, 7) is 0.421. The van der Waals surface area contributed by atoms with Crippen LogP contribution < -0.4 is 5.32 Å². The highest BCUT2D eigenvalue weighted by Crippen LogP contribution is 2.14. The molecule has 1 amide bonds. The summed E-state index contributed by atoms with van der Waals surface area (Å²) >= 11 is 0. The van der Waals surface area contributed by atoms with Crippen LogP contribution in [0.4, 0.5) is 0 Å². The van der Waals surface area contributed by atoms with Gasteiger partial charge < -0.3 is 10.1 Å². The topological polar surface area (TPSA) is 67.0 Å². The van der Waals surface area contributed by atoms with E-state index in [-0.39, 0.29) is 12.0 Å². The maximum atomic E-state index is 11.7. The van der Waals surface area contributed by atoms with Crippen molar-refractivity contribution >= 4 is 5.91 Å². The first-order valence-electron chi connectivity index (χ1n) is 5.66.